The molecule has 0 bridgehead atoms. The van der Waals surface area contributed by atoms with Gasteiger partial charge >= 0.3 is 0 Å². The molecule has 1 aromatic carbocycles. The third-order valence-corrected chi connectivity index (χ3v) is 3.49. The van der Waals surface area contributed by atoms with Crippen LogP contribution in [0.1, 0.15) is 38.8 Å². The van der Waals surface area contributed by atoms with Crippen molar-refractivity contribution in [3.05, 3.63) is 33.8 Å². The van der Waals surface area contributed by atoms with Crippen molar-refractivity contribution < 1.29 is 8.78 Å². The molecule has 0 saturated carbocycles. The van der Waals surface area contributed by atoms with Crippen LogP contribution in [0.15, 0.2) is 16.6 Å². The molecule has 0 saturated heterocycles. The van der Waals surface area contributed by atoms with Crippen LogP contribution in [-0.2, 0) is 0 Å². The number of halogens is 3. The maximum atomic E-state index is 13.5. The Balaban J connectivity index is 3.06. The maximum Gasteiger partial charge on any atom is 0.173 e. The van der Waals surface area contributed by atoms with E-state index >= 15 is 0 Å². The summed E-state index contributed by atoms with van der Waals surface area (Å²) in [6, 6.07) is 2.84. The standard InChI is InChI=1S/C13H18BrF2N/c1-4-7-17-13(8(2)3)9-5-6-10(15)12(16)11(9)14/h5-6,8,13,17H,4,7H2,1-3H3. The Kier molecular flexibility index (Phi) is 5.53. The molecule has 0 aliphatic heterocycles. The van der Waals surface area contributed by atoms with E-state index in [4.69, 9.17) is 0 Å². The van der Waals surface area contributed by atoms with Crippen LogP contribution in [-0.4, -0.2) is 6.54 Å². The SMILES string of the molecule is CCCNC(c1ccc(F)c(F)c1Br)C(C)C. The lowest BCUT2D eigenvalue weighted by Gasteiger charge is -2.24. The van der Waals surface area contributed by atoms with Gasteiger partial charge < -0.3 is 5.32 Å². The average Bonchev–Trinajstić information content (AvgIpc) is 2.28. The maximum absolute atomic E-state index is 13.5. The van der Waals surface area contributed by atoms with E-state index < -0.39 is 11.6 Å². The summed E-state index contributed by atoms with van der Waals surface area (Å²) < 4.78 is 26.8. The fourth-order valence-electron chi connectivity index (χ4n) is 1.79. The Labute approximate surface area is 110 Å². The van der Waals surface area contributed by atoms with E-state index in [1.807, 2.05) is 0 Å². The van der Waals surface area contributed by atoms with Gasteiger partial charge in [0.1, 0.15) is 0 Å². The van der Waals surface area contributed by atoms with Gasteiger partial charge in [-0.05, 0) is 46.4 Å². The normalized spacial score (nSPS) is 13.1. The fourth-order valence-corrected chi connectivity index (χ4v) is 2.35. The quantitative estimate of drug-likeness (QED) is 0.794. The first-order valence-electron chi connectivity index (χ1n) is 5.85. The van der Waals surface area contributed by atoms with E-state index in [2.05, 4.69) is 42.0 Å². The van der Waals surface area contributed by atoms with E-state index in [0.717, 1.165) is 18.5 Å². The molecule has 1 N–H and O–H groups in total. The van der Waals surface area contributed by atoms with Gasteiger partial charge in [-0.1, -0.05) is 26.8 Å². The van der Waals surface area contributed by atoms with Crippen molar-refractivity contribution in [2.45, 2.75) is 33.2 Å². The first-order chi connectivity index (χ1) is 7.99. The van der Waals surface area contributed by atoms with Gasteiger partial charge in [0.25, 0.3) is 0 Å². The van der Waals surface area contributed by atoms with E-state index in [-0.39, 0.29) is 10.5 Å². The zero-order valence-corrected chi connectivity index (χ0v) is 11.9. The average molecular weight is 306 g/mol. The zero-order valence-electron chi connectivity index (χ0n) is 10.4. The highest BCUT2D eigenvalue weighted by atomic mass is 79.9. The number of rotatable bonds is 5. The Bertz CT molecular complexity index is 380. The Morgan fingerprint density at radius 1 is 1.29 bits per heavy atom. The predicted octanol–water partition coefficient (Wildman–Crippen LogP) is 4.42. The van der Waals surface area contributed by atoms with Crippen LogP contribution in [0.3, 0.4) is 0 Å². The molecule has 0 fully saturated rings. The summed E-state index contributed by atoms with van der Waals surface area (Å²) in [6.45, 7) is 7.04. The molecule has 0 aliphatic rings. The van der Waals surface area contributed by atoms with Crippen LogP contribution >= 0.6 is 15.9 Å². The lowest BCUT2D eigenvalue weighted by Crippen LogP contribution is -2.27. The van der Waals surface area contributed by atoms with E-state index in [9.17, 15) is 8.78 Å². The third-order valence-electron chi connectivity index (χ3n) is 2.68. The van der Waals surface area contributed by atoms with Gasteiger partial charge in [-0.2, -0.15) is 0 Å². The summed E-state index contributed by atoms with van der Waals surface area (Å²) in [5.41, 5.74) is 0.771. The van der Waals surface area contributed by atoms with Crippen molar-refractivity contribution in [3.8, 4) is 0 Å². The molecule has 96 valence electrons. The number of hydrogen-bond acceptors (Lipinski definition) is 1. The molecular formula is C13H18BrF2N. The number of benzene rings is 1. The molecule has 1 atom stereocenters. The molecule has 1 rings (SSSR count). The molecule has 0 heterocycles. The highest BCUT2D eigenvalue weighted by molar-refractivity contribution is 9.10. The minimum atomic E-state index is -0.821. The van der Waals surface area contributed by atoms with Crippen LogP contribution in [0.2, 0.25) is 0 Å². The van der Waals surface area contributed by atoms with Gasteiger partial charge in [-0.3, -0.25) is 0 Å². The van der Waals surface area contributed by atoms with E-state index in [0.29, 0.717) is 5.92 Å². The predicted molar refractivity (Wildman–Crippen MR) is 69.9 cm³/mol. The lowest BCUT2D eigenvalue weighted by molar-refractivity contribution is 0.406. The molecule has 0 radical (unpaired) electrons. The van der Waals surface area contributed by atoms with Crippen molar-refractivity contribution in [1.29, 1.82) is 0 Å². The molecule has 0 aliphatic carbocycles. The molecule has 17 heavy (non-hydrogen) atoms. The van der Waals surface area contributed by atoms with Crippen LogP contribution < -0.4 is 5.32 Å². The molecule has 1 aromatic rings. The van der Waals surface area contributed by atoms with Crippen molar-refractivity contribution in [2.24, 2.45) is 5.92 Å². The van der Waals surface area contributed by atoms with Crippen LogP contribution in [0.4, 0.5) is 8.78 Å². The lowest BCUT2D eigenvalue weighted by atomic mass is 9.95. The van der Waals surface area contributed by atoms with Gasteiger partial charge in [-0.25, -0.2) is 8.78 Å². The summed E-state index contributed by atoms with van der Waals surface area (Å²) in [7, 11) is 0. The second kappa shape index (κ2) is 6.45. The monoisotopic (exact) mass is 305 g/mol. The smallest absolute Gasteiger partial charge is 0.173 e. The van der Waals surface area contributed by atoms with E-state index in [1.54, 1.807) is 6.07 Å². The van der Waals surface area contributed by atoms with Crippen LogP contribution in [0.5, 0.6) is 0 Å². The molecule has 1 nitrogen and oxygen atoms in total. The minimum Gasteiger partial charge on any atom is -0.310 e. The van der Waals surface area contributed by atoms with Gasteiger partial charge in [0.2, 0.25) is 0 Å². The fraction of sp³-hybridized carbons (Fsp3) is 0.538. The summed E-state index contributed by atoms with van der Waals surface area (Å²) >= 11 is 3.14. The third kappa shape index (κ3) is 3.49. The Morgan fingerprint density at radius 2 is 1.94 bits per heavy atom. The molecule has 1 unspecified atom stereocenters. The summed E-state index contributed by atoms with van der Waals surface area (Å²) in [5.74, 6) is -1.33. The van der Waals surface area contributed by atoms with Crippen LogP contribution in [0, 0.1) is 17.6 Å². The largest absolute Gasteiger partial charge is 0.310 e. The summed E-state index contributed by atoms with van der Waals surface area (Å²) in [5, 5.41) is 3.35. The van der Waals surface area contributed by atoms with Crippen molar-refractivity contribution in [3.63, 3.8) is 0 Å². The Hall–Kier alpha value is -0.480. The molecule has 0 spiro atoms. The first-order valence-corrected chi connectivity index (χ1v) is 6.65. The van der Waals surface area contributed by atoms with Crippen molar-refractivity contribution in [2.75, 3.05) is 6.54 Å². The molecule has 4 heteroatoms. The van der Waals surface area contributed by atoms with Crippen molar-refractivity contribution in [1.82, 2.24) is 5.32 Å². The molecule has 0 amide bonds. The minimum absolute atomic E-state index is 0.0272. The van der Waals surface area contributed by atoms with E-state index in [1.165, 1.54) is 6.07 Å². The van der Waals surface area contributed by atoms with Gasteiger partial charge in [-0.15, -0.1) is 0 Å². The molecule has 0 aromatic heterocycles. The highest BCUT2D eigenvalue weighted by Gasteiger charge is 2.21. The van der Waals surface area contributed by atoms with Crippen molar-refractivity contribution >= 4 is 15.9 Å². The number of hydrogen-bond donors (Lipinski definition) is 1. The van der Waals surface area contributed by atoms with Gasteiger partial charge in [0, 0.05) is 6.04 Å². The second-order valence-electron chi connectivity index (χ2n) is 4.44. The highest BCUT2D eigenvalue weighted by Crippen LogP contribution is 2.31. The summed E-state index contributed by atoms with van der Waals surface area (Å²) in [4.78, 5) is 0. The summed E-state index contributed by atoms with van der Waals surface area (Å²) in [6.07, 6.45) is 1.00. The van der Waals surface area contributed by atoms with Gasteiger partial charge in [0.05, 0.1) is 4.47 Å². The zero-order chi connectivity index (χ0) is 13.0. The number of nitrogens with one attached hydrogen (secondary N) is 1. The topological polar surface area (TPSA) is 12.0 Å². The Morgan fingerprint density at radius 3 is 2.47 bits per heavy atom. The first kappa shape index (κ1) is 14.6. The second-order valence-corrected chi connectivity index (χ2v) is 5.23. The van der Waals surface area contributed by atoms with Gasteiger partial charge in [0.15, 0.2) is 11.6 Å². The molecular weight excluding hydrogens is 288 g/mol. The van der Waals surface area contributed by atoms with Crippen LogP contribution in [0.25, 0.3) is 0 Å².